The highest BCUT2D eigenvalue weighted by molar-refractivity contribution is 5.90. The first kappa shape index (κ1) is 11.0. The number of carbonyl (C=O) groups is 2. The lowest BCUT2D eigenvalue weighted by molar-refractivity contribution is -0.142. The van der Waals surface area contributed by atoms with E-state index in [1.807, 2.05) is 6.92 Å². The number of Topliss-reactive ketones (excluding diaryl/α,β-unsaturated/α-hetero) is 1. The van der Waals surface area contributed by atoms with Gasteiger partial charge in [0.15, 0.2) is 0 Å². The molecule has 0 N–H and O–H groups in total. The van der Waals surface area contributed by atoms with Crippen LogP contribution in [0.15, 0.2) is 11.1 Å². The van der Waals surface area contributed by atoms with Crippen molar-refractivity contribution in [3.05, 3.63) is 11.1 Å². The second-order valence-electron chi connectivity index (χ2n) is 5.86. The van der Waals surface area contributed by atoms with Crippen molar-refractivity contribution in [3.63, 3.8) is 0 Å². The lowest BCUT2D eigenvalue weighted by Gasteiger charge is -2.44. The van der Waals surface area contributed by atoms with Crippen LogP contribution < -0.4 is 0 Å². The van der Waals surface area contributed by atoms with Crippen LogP contribution in [0.3, 0.4) is 0 Å². The topological polar surface area (TPSA) is 43.4 Å². The molecule has 2 aliphatic carbocycles. The van der Waals surface area contributed by atoms with Crippen LogP contribution in [0.5, 0.6) is 0 Å². The molecule has 17 heavy (non-hydrogen) atoms. The average Bonchev–Trinajstić information content (AvgIpc) is 2.64. The van der Waals surface area contributed by atoms with Crippen LogP contribution in [-0.4, -0.2) is 17.9 Å². The van der Waals surface area contributed by atoms with E-state index >= 15 is 0 Å². The fourth-order valence-electron chi connectivity index (χ4n) is 3.79. The highest BCUT2D eigenvalue weighted by Gasteiger charge is 2.52. The molecule has 3 rings (SSSR count). The predicted octanol–water partition coefficient (Wildman–Crippen LogP) is 2.40. The molecule has 0 bridgehead atoms. The van der Waals surface area contributed by atoms with E-state index in [-0.39, 0.29) is 17.5 Å². The Morgan fingerprint density at radius 1 is 1.29 bits per heavy atom. The van der Waals surface area contributed by atoms with Crippen LogP contribution in [0.2, 0.25) is 0 Å². The molecule has 2 fully saturated rings. The van der Waals surface area contributed by atoms with Crippen molar-refractivity contribution in [3.8, 4) is 0 Å². The summed E-state index contributed by atoms with van der Waals surface area (Å²) in [6.45, 7) is 4.13. The molecule has 0 radical (unpaired) electrons. The van der Waals surface area contributed by atoms with Crippen LogP contribution >= 0.6 is 0 Å². The summed E-state index contributed by atoms with van der Waals surface area (Å²) in [6.07, 6.45) is 3.74. The lowest BCUT2D eigenvalue weighted by Crippen LogP contribution is -2.44. The Labute approximate surface area is 101 Å². The Balaban J connectivity index is 2.08. The third-order valence-corrected chi connectivity index (χ3v) is 4.81. The highest BCUT2D eigenvalue weighted by atomic mass is 16.6. The Kier molecular flexibility index (Phi) is 2.22. The highest BCUT2D eigenvalue weighted by Crippen LogP contribution is 2.52. The van der Waals surface area contributed by atoms with Gasteiger partial charge in [0.25, 0.3) is 0 Å². The lowest BCUT2D eigenvalue weighted by atomic mass is 9.60. The van der Waals surface area contributed by atoms with E-state index in [9.17, 15) is 9.59 Å². The van der Waals surface area contributed by atoms with Gasteiger partial charge in [0.2, 0.25) is 0 Å². The van der Waals surface area contributed by atoms with Crippen molar-refractivity contribution in [2.45, 2.75) is 52.1 Å². The van der Waals surface area contributed by atoms with E-state index in [0.29, 0.717) is 24.5 Å². The van der Waals surface area contributed by atoms with E-state index < -0.39 is 0 Å². The molecule has 1 saturated heterocycles. The van der Waals surface area contributed by atoms with Crippen molar-refractivity contribution < 1.29 is 14.3 Å². The molecular weight excluding hydrogens is 216 g/mol. The first-order chi connectivity index (χ1) is 8.02. The summed E-state index contributed by atoms with van der Waals surface area (Å²) < 4.78 is 5.47. The molecule has 3 heteroatoms. The molecule has 1 saturated carbocycles. The molecule has 92 valence electrons. The zero-order valence-electron chi connectivity index (χ0n) is 10.4. The van der Waals surface area contributed by atoms with Crippen molar-refractivity contribution in [2.75, 3.05) is 0 Å². The summed E-state index contributed by atoms with van der Waals surface area (Å²) in [4.78, 5) is 23.6. The molecule has 1 heterocycles. The number of rotatable bonds is 0. The Bertz CT molecular complexity index is 435. The maximum absolute atomic E-state index is 12.2. The molecule has 3 atom stereocenters. The fourth-order valence-corrected chi connectivity index (χ4v) is 3.79. The number of allylic oxidation sites excluding steroid dienone is 1. The number of carbonyl (C=O) groups excluding carboxylic acids is 2. The first-order valence-electron chi connectivity index (χ1n) is 6.45. The maximum Gasteiger partial charge on any atom is 0.306 e. The third-order valence-electron chi connectivity index (χ3n) is 4.81. The van der Waals surface area contributed by atoms with Crippen LogP contribution in [0.25, 0.3) is 0 Å². The summed E-state index contributed by atoms with van der Waals surface area (Å²) in [5, 5.41) is 0. The van der Waals surface area contributed by atoms with Gasteiger partial charge in [-0.15, -0.1) is 0 Å². The number of ether oxygens (including phenoxy) is 1. The SMILES string of the molecule is CC1=C2[C@H]3OC(=O)C[C@@H]3CC[C@@]2(C)C(=O)CC1. The van der Waals surface area contributed by atoms with Crippen molar-refractivity contribution in [2.24, 2.45) is 11.3 Å². The number of ketones is 1. The van der Waals surface area contributed by atoms with Crippen molar-refractivity contribution in [1.82, 2.24) is 0 Å². The minimum absolute atomic E-state index is 0.0948. The normalized spacial score (nSPS) is 41.1. The molecule has 0 amide bonds. The van der Waals surface area contributed by atoms with Crippen LogP contribution in [-0.2, 0) is 14.3 Å². The van der Waals surface area contributed by atoms with Crippen LogP contribution in [0.4, 0.5) is 0 Å². The van der Waals surface area contributed by atoms with Gasteiger partial charge < -0.3 is 4.74 Å². The molecule has 1 aliphatic heterocycles. The second-order valence-corrected chi connectivity index (χ2v) is 5.86. The van der Waals surface area contributed by atoms with Gasteiger partial charge in [0.05, 0.1) is 11.8 Å². The third kappa shape index (κ3) is 1.41. The monoisotopic (exact) mass is 234 g/mol. The molecule has 0 aromatic carbocycles. The van der Waals surface area contributed by atoms with E-state index in [2.05, 4.69) is 6.92 Å². The Morgan fingerprint density at radius 2 is 2.06 bits per heavy atom. The Hall–Kier alpha value is -1.12. The Morgan fingerprint density at radius 3 is 2.82 bits per heavy atom. The van der Waals surface area contributed by atoms with E-state index in [0.717, 1.165) is 24.8 Å². The average molecular weight is 234 g/mol. The zero-order chi connectivity index (χ0) is 12.2. The number of hydrogen-bond donors (Lipinski definition) is 0. The standard InChI is InChI=1S/C14H18O3/c1-8-3-4-10(15)14(2)6-5-9-7-11(16)17-13(9)12(8)14/h9,13H,3-7H2,1-2H3/t9-,13-,14-/m0/s1. The van der Waals surface area contributed by atoms with Crippen molar-refractivity contribution >= 4 is 11.8 Å². The molecule has 0 spiro atoms. The van der Waals surface area contributed by atoms with E-state index in [4.69, 9.17) is 4.74 Å². The molecule has 3 aliphatic rings. The minimum atomic E-state index is -0.353. The molecule has 0 unspecified atom stereocenters. The smallest absolute Gasteiger partial charge is 0.306 e. The minimum Gasteiger partial charge on any atom is -0.457 e. The maximum atomic E-state index is 12.2. The fraction of sp³-hybridized carbons (Fsp3) is 0.714. The summed E-state index contributed by atoms with van der Waals surface area (Å²) in [6, 6.07) is 0. The quantitative estimate of drug-likeness (QED) is 0.477. The zero-order valence-corrected chi connectivity index (χ0v) is 10.4. The van der Waals surface area contributed by atoms with Gasteiger partial charge in [-0.1, -0.05) is 5.57 Å². The van der Waals surface area contributed by atoms with Crippen LogP contribution in [0, 0.1) is 11.3 Å². The van der Waals surface area contributed by atoms with Gasteiger partial charge in [-0.3, -0.25) is 9.59 Å². The van der Waals surface area contributed by atoms with Gasteiger partial charge in [-0.25, -0.2) is 0 Å². The predicted molar refractivity (Wildman–Crippen MR) is 62.3 cm³/mol. The summed E-state index contributed by atoms with van der Waals surface area (Å²) >= 11 is 0. The molecule has 3 nitrogen and oxygen atoms in total. The summed E-state index contributed by atoms with van der Waals surface area (Å²) in [5.74, 6) is 0.550. The largest absolute Gasteiger partial charge is 0.457 e. The second kappa shape index (κ2) is 3.44. The van der Waals surface area contributed by atoms with Gasteiger partial charge in [0, 0.05) is 12.3 Å². The van der Waals surface area contributed by atoms with Gasteiger partial charge in [0.1, 0.15) is 11.9 Å². The number of fused-ring (bicyclic) bond motifs is 3. The summed E-state index contributed by atoms with van der Waals surface area (Å²) in [5.41, 5.74) is 2.06. The van der Waals surface area contributed by atoms with Gasteiger partial charge in [-0.05, 0) is 38.7 Å². The first-order valence-corrected chi connectivity index (χ1v) is 6.45. The summed E-state index contributed by atoms with van der Waals surface area (Å²) in [7, 11) is 0. The van der Waals surface area contributed by atoms with E-state index in [1.165, 1.54) is 5.57 Å². The molecule has 0 aromatic heterocycles. The van der Waals surface area contributed by atoms with E-state index in [1.54, 1.807) is 0 Å². The van der Waals surface area contributed by atoms with Gasteiger partial charge >= 0.3 is 5.97 Å². The van der Waals surface area contributed by atoms with Gasteiger partial charge in [-0.2, -0.15) is 0 Å². The molecule has 0 aromatic rings. The van der Waals surface area contributed by atoms with Crippen molar-refractivity contribution in [1.29, 1.82) is 0 Å². The number of esters is 1. The number of hydrogen-bond acceptors (Lipinski definition) is 3. The molecular formula is C14H18O3. The van der Waals surface area contributed by atoms with Crippen LogP contribution in [0.1, 0.15) is 46.0 Å².